The Morgan fingerprint density at radius 3 is 2.81 bits per heavy atom. The molecule has 0 amide bonds. The van der Waals surface area contributed by atoms with Gasteiger partial charge in [0.2, 0.25) is 5.88 Å². The Bertz CT molecular complexity index is 835. The average molecular weight is 398 g/mol. The number of rotatable bonds is 6. The fourth-order valence-electron chi connectivity index (χ4n) is 2.59. The smallest absolute Gasteiger partial charge is 0.232 e. The highest BCUT2D eigenvalue weighted by Crippen LogP contribution is 2.38. The minimum absolute atomic E-state index is 0.0519. The van der Waals surface area contributed by atoms with Gasteiger partial charge >= 0.3 is 0 Å². The van der Waals surface area contributed by atoms with Crippen LogP contribution in [0.15, 0.2) is 42.2 Å². The third-order valence-electron chi connectivity index (χ3n) is 3.94. The third-order valence-corrected chi connectivity index (χ3v) is 5.24. The minimum atomic E-state index is -1.61. The number of anilines is 1. The van der Waals surface area contributed by atoms with Gasteiger partial charge < -0.3 is 16.2 Å². The topological polar surface area (TPSA) is 71.2 Å². The van der Waals surface area contributed by atoms with E-state index in [-0.39, 0.29) is 18.3 Å². The van der Waals surface area contributed by atoms with E-state index >= 15 is 0 Å². The second kappa shape index (κ2) is 8.16. The van der Waals surface area contributed by atoms with Crippen LogP contribution in [-0.4, -0.2) is 28.8 Å². The highest BCUT2D eigenvalue weighted by atomic mass is 35.5. The van der Waals surface area contributed by atoms with Crippen LogP contribution in [0.5, 0.6) is 5.88 Å². The number of hydrogen-bond acceptors (Lipinski definition) is 5. The van der Waals surface area contributed by atoms with Crippen molar-refractivity contribution in [3.63, 3.8) is 0 Å². The molecule has 1 unspecified atom stereocenters. The molecule has 0 saturated heterocycles. The van der Waals surface area contributed by atoms with Gasteiger partial charge in [0.1, 0.15) is 5.83 Å². The number of aromatic nitrogens is 1. The zero-order chi connectivity index (χ0) is 18.7. The summed E-state index contributed by atoms with van der Waals surface area (Å²) in [5.41, 5.74) is 7.62. The predicted octanol–water partition coefficient (Wildman–Crippen LogP) is 4.46. The standard InChI is InChI=1S/C18H18ClF2N3OS/c19-12-4-1-10(2-5-12)7-13(22)9-23-18-24-17(25)16(26-18)11-3-6-14(20)15(21)8-11/h1-5,8,13-14,25H,6-7,9,22H2,(H,23,24)/t13-,14?/m0/s1. The third kappa shape index (κ3) is 4.60. The summed E-state index contributed by atoms with van der Waals surface area (Å²) in [7, 11) is 0. The Labute approximate surface area is 159 Å². The monoisotopic (exact) mass is 397 g/mol. The number of halogens is 3. The van der Waals surface area contributed by atoms with E-state index in [1.807, 2.05) is 24.3 Å². The molecule has 0 saturated carbocycles. The van der Waals surface area contributed by atoms with Crippen molar-refractivity contribution in [2.24, 2.45) is 5.73 Å². The van der Waals surface area contributed by atoms with E-state index in [0.717, 1.165) is 11.6 Å². The first-order chi connectivity index (χ1) is 12.4. The second-order valence-electron chi connectivity index (χ2n) is 6.04. The predicted molar refractivity (Wildman–Crippen MR) is 102 cm³/mol. The van der Waals surface area contributed by atoms with Gasteiger partial charge in [-0.1, -0.05) is 41.1 Å². The molecule has 0 bridgehead atoms. The normalized spacial score (nSPS) is 18.2. The van der Waals surface area contributed by atoms with E-state index in [9.17, 15) is 13.9 Å². The molecule has 1 aromatic carbocycles. The Kier molecular flexibility index (Phi) is 5.90. The van der Waals surface area contributed by atoms with Gasteiger partial charge in [0.15, 0.2) is 11.3 Å². The van der Waals surface area contributed by atoms with Crippen LogP contribution in [-0.2, 0) is 6.42 Å². The van der Waals surface area contributed by atoms with Crippen molar-refractivity contribution in [1.82, 2.24) is 4.98 Å². The summed E-state index contributed by atoms with van der Waals surface area (Å²) in [6, 6.07) is 7.31. The summed E-state index contributed by atoms with van der Waals surface area (Å²) < 4.78 is 26.6. The number of allylic oxidation sites excluding steroid dienone is 4. The van der Waals surface area contributed by atoms with Crippen LogP contribution in [0.25, 0.3) is 5.57 Å². The Morgan fingerprint density at radius 2 is 2.12 bits per heavy atom. The number of benzene rings is 1. The van der Waals surface area contributed by atoms with Crippen LogP contribution < -0.4 is 11.1 Å². The molecule has 138 valence electrons. The van der Waals surface area contributed by atoms with Gasteiger partial charge in [0, 0.05) is 24.0 Å². The summed E-state index contributed by atoms with van der Waals surface area (Å²) in [6.45, 7) is 0.449. The van der Waals surface area contributed by atoms with Gasteiger partial charge in [-0.2, -0.15) is 4.98 Å². The molecule has 0 spiro atoms. The van der Waals surface area contributed by atoms with Crippen LogP contribution in [0.1, 0.15) is 16.9 Å². The van der Waals surface area contributed by atoms with Crippen molar-refractivity contribution in [3.8, 4) is 5.88 Å². The Balaban J connectivity index is 1.60. The molecule has 1 aliphatic rings. The SMILES string of the molecule is N[C@H](CNc1nc(O)c(C2=CCC(F)C(F)=C2)s1)Cc1ccc(Cl)cc1. The number of aromatic hydroxyl groups is 1. The number of nitrogens with zero attached hydrogens (tertiary/aromatic N) is 1. The Morgan fingerprint density at radius 1 is 1.38 bits per heavy atom. The number of thiazole rings is 1. The maximum Gasteiger partial charge on any atom is 0.232 e. The lowest BCUT2D eigenvalue weighted by Crippen LogP contribution is -2.31. The van der Waals surface area contributed by atoms with E-state index in [0.29, 0.717) is 33.6 Å². The van der Waals surface area contributed by atoms with E-state index in [2.05, 4.69) is 10.3 Å². The zero-order valence-corrected chi connectivity index (χ0v) is 15.3. The first kappa shape index (κ1) is 18.8. The van der Waals surface area contributed by atoms with E-state index in [1.54, 1.807) is 6.08 Å². The minimum Gasteiger partial charge on any atom is -0.492 e. The van der Waals surface area contributed by atoms with Gasteiger partial charge in [0.25, 0.3) is 0 Å². The zero-order valence-electron chi connectivity index (χ0n) is 13.8. The summed E-state index contributed by atoms with van der Waals surface area (Å²) in [4.78, 5) is 4.43. The van der Waals surface area contributed by atoms with Crippen LogP contribution in [0.4, 0.5) is 13.9 Å². The fourth-order valence-corrected chi connectivity index (χ4v) is 3.59. The molecule has 8 heteroatoms. The van der Waals surface area contributed by atoms with Crippen molar-refractivity contribution in [2.45, 2.75) is 25.1 Å². The van der Waals surface area contributed by atoms with Gasteiger partial charge in [-0.25, -0.2) is 8.78 Å². The lowest BCUT2D eigenvalue weighted by atomic mass is 10.0. The lowest BCUT2D eigenvalue weighted by Gasteiger charge is -2.12. The lowest BCUT2D eigenvalue weighted by molar-refractivity contribution is 0.326. The molecule has 1 heterocycles. The molecule has 2 aromatic rings. The highest BCUT2D eigenvalue weighted by Gasteiger charge is 2.21. The summed E-state index contributed by atoms with van der Waals surface area (Å²) in [5, 5.41) is 14.2. The quantitative estimate of drug-likeness (QED) is 0.672. The fraction of sp³-hybridized carbons (Fsp3) is 0.278. The maximum atomic E-state index is 13.4. The summed E-state index contributed by atoms with van der Waals surface area (Å²) in [5.74, 6) is -1.05. The van der Waals surface area contributed by atoms with Crippen molar-refractivity contribution < 1.29 is 13.9 Å². The van der Waals surface area contributed by atoms with Crippen molar-refractivity contribution in [2.75, 3.05) is 11.9 Å². The number of nitrogens with one attached hydrogen (secondary N) is 1. The maximum absolute atomic E-state index is 13.4. The van der Waals surface area contributed by atoms with Gasteiger partial charge in [-0.15, -0.1) is 0 Å². The van der Waals surface area contributed by atoms with Crippen LogP contribution in [0, 0.1) is 0 Å². The molecule has 0 radical (unpaired) electrons. The van der Waals surface area contributed by atoms with Gasteiger partial charge in [-0.3, -0.25) is 0 Å². The molecule has 3 rings (SSSR count). The summed E-state index contributed by atoms with van der Waals surface area (Å²) >= 11 is 7.03. The molecule has 26 heavy (non-hydrogen) atoms. The molecule has 4 N–H and O–H groups in total. The van der Waals surface area contributed by atoms with E-state index in [1.165, 1.54) is 11.3 Å². The second-order valence-corrected chi connectivity index (χ2v) is 7.47. The van der Waals surface area contributed by atoms with Crippen LogP contribution in [0.3, 0.4) is 0 Å². The molecule has 2 atom stereocenters. The van der Waals surface area contributed by atoms with Crippen LogP contribution >= 0.6 is 22.9 Å². The van der Waals surface area contributed by atoms with E-state index < -0.39 is 12.0 Å². The first-order valence-corrected chi connectivity index (χ1v) is 9.27. The number of alkyl halides is 1. The Hall–Kier alpha value is -1.96. The molecular weight excluding hydrogens is 380 g/mol. The molecular formula is C18H18ClF2N3OS. The molecule has 0 aliphatic heterocycles. The molecule has 4 nitrogen and oxygen atoms in total. The van der Waals surface area contributed by atoms with Crippen molar-refractivity contribution >= 4 is 33.6 Å². The van der Waals surface area contributed by atoms with E-state index in [4.69, 9.17) is 17.3 Å². The van der Waals surface area contributed by atoms with Crippen LogP contribution in [0.2, 0.25) is 5.02 Å². The largest absolute Gasteiger partial charge is 0.492 e. The number of hydrogen-bond donors (Lipinski definition) is 3. The highest BCUT2D eigenvalue weighted by molar-refractivity contribution is 7.17. The number of nitrogens with two attached hydrogens (primary N) is 1. The summed E-state index contributed by atoms with van der Waals surface area (Å²) in [6.07, 6.45) is 1.64. The average Bonchev–Trinajstić information content (AvgIpc) is 2.98. The van der Waals surface area contributed by atoms with Gasteiger partial charge in [0.05, 0.1) is 4.88 Å². The van der Waals surface area contributed by atoms with Crippen molar-refractivity contribution in [3.05, 3.63) is 57.7 Å². The van der Waals surface area contributed by atoms with Crippen molar-refractivity contribution in [1.29, 1.82) is 0 Å². The van der Waals surface area contributed by atoms with Gasteiger partial charge in [-0.05, 0) is 35.8 Å². The molecule has 1 aromatic heterocycles. The molecule has 0 fully saturated rings. The molecule has 1 aliphatic carbocycles. The first-order valence-electron chi connectivity index (χ1n) is 8.07.